The van der Waals surface area contributed by atoms with Crippen molar-refractivity contribution < 1.29 is 9.59 Å². The van der Waals surface area contributed by atoms with Gasteiger partial charge in [0.15, 0.2) is 5.69 Å². The Bertz CT molecular complexity index is 616. The summed E-state index contributed by atoms with van der Waals surface area (Å²) in [5.41, 5.74) is 5.10. The Balaban J connectivity index is 2.02. The summed E-state index contributed by atoms with van der Waals surface area (Å²) in [5, 5.41) is 9.39. The van der Waals surface area contributed by atoms with Gasteiger partial charge in [-0.05, 0) is 40.8 Å². The van der Waals surface area contributed by atoms with E-state index in [-0.39, 0.29) is 5.69 Å². The maximum Gasteiger partial charge on any atom is 0.291 e. The molecular weight excluding hydrogens is 429 g/mol. The average Bonchev–Trinajstić information content (AvgIpc) is 2.92. The molecule has 1 aromatic heterocycles. The quantitative estimate of drug-likeness (QED) is 0.488. The van der Waals surface area contributed by atoms with Gasteiger partial charge in [-0.25, -0.2) is 0 Å². The third-order valence-electron chi connectivity index (χ3n) is 2.11. The van der Waals surface area contributed by atoms with E-state index in [0.29, 0.717) is 5.56 Å². The number of aromatic nitrogens is 3. The first-order chi connectivity index (χ1) is 9.08. The van der Waals surface area contributed by atoms with E-state index in [9.17, 15) is 9.59 Å². The number of hydrogen-bond donors (Lipinski definition) is 3. The molecule has 0 unspecified atom stereocenters. The first kappa shape index (κ1) is 13.9. The number of carbonyl (C=O) groups excluding carboxylic acids is 2. The fourth-order valence-corrected chi connectivity index (χ4v) is 2.17. The predicted molar refractivity (Wildman–Crippen MR) is 78.2 cm³/mol. The summed E-state index contributed by atoms with van der Waals surface area (Å²) in [4.78, 5) is 23.4. The first-order valence-electron chi connectivity index (χ1n) is 4.99. The van der Waals surface area contributed by atoms with Crippen molar-refractivity contribution in [3.63, 3.8) is 0 Å². The van der Waals surface area contributed by atoms with Gasteiger partial charge in [0.05, 0.1) is 11.8 Å². The Morgan fingerprint density at radius 3 is 2.68 bits per heavy atom. The minimum atomic E-state index is -0.549. The Hall–Kier alpha value is -1.49. The summed E-state index contributed by atoms with van der Waals surface area (Å²) in [6.45, 7) is 0. The SMILES string of the molecule is O=C(NNC(=O)c1cc(Br)ccc1I)c1cn[nH]n1. The average molecular weight is 436 g/mol. The van der Waals surface area contributed by atoms with Crippen LogP contribution in [0, 0.1) is 3.57 Å². The van der Waals surface area contributed by atoms with Gasteiger partial charge in [-0.2, -0.15) is 15.4 Å². The second-order valence-corrected chi connectivity index (χ2v) is 5.47. The Morgan fingerprint density at radius 1 is 1.26 bits per heavy atom. The normalized spacial score (nSPS) is 10.0. The van der Waals surface area contributed by atoms with Crippen molar-refractivity contribution in [2.45, 2.75) is 0 Å². The van der Waals surface area contributed by atoms with Crippen LogP contribution in [-0.2, 0) is 0 Å². The largest absolute Gasteiger partial charge is 0.291 e. The van der Waals surface area contributed by atoms with Crippen LogP contribution in [0.25, 0.3) is 0 Å². The standard InChI is InChI=1S/C10H7BrIN5O2/c11-5-1-2-7(12)6(3-5)9(18)15-16-10(19)8-4-13-17-14-8/h1-4H,(H,15,18)(H,16,19)(H,13,14,17). The summed E-state index contributed by atoms with van der Waals surface area (Å²) in [5.74, 6) is -0.963. The van der Waals surface area contributed by atoms with Crippen molar-refractivity contribution in [2.75, 3.05) is 0 Å². The molecule has 2 aromatic rings. The molecule has 3 N–H and O–H groups in total. The zero-order chi connectivity index (χ0) is 13.8. The fraction of sp³-hybridized carbons (Fsp3) is 0. The zero-order valence-electron chi connectivity index (χ0n) is 9.28. The van der Waals surface area contributed by atoms with Crippen LogP contribution in [0.4, 0.5) is 0 Å². The molecule has 0 aliphatic rings. The minimum absolute atomic E-state index is 0.0873. The fourth-order valence-electron chi connectivity index (χ4n) is 1.23. The molecule has 0 aliphatic heterocycles. The predicted octanol–water partition coefficient (Wildman–Crippen LogP) is 1.25. The summed E-state index contributed by atoms with van der Waals surface area (Å²) in [6, 6.07) is 5.28. The molecule has 0 saturated carbocycles. The number of hydrazine groups is 1. The van der Waals surface area contributed by atoms with Gasteiger partial charge < -0.3 is 0 Å². The molecule has 0 spiro atoms. The number of amides is 2. The van der Waals surface area contributed by atoms with E-state index in [0.717, 1.165) is 8.04 Å². The van der Waals surface area contributed by atoms with Crippen LogP contribution in [0.3, 0.4) is 0 Å². The molecular formula is C10H7BrIN5O2. The van der Waals surface area contributed by atoms with Gasteiger partial charge in [0.2, 0.25) is 0 Å². The third-order valence-corrected chi connectivity index (χ3v) is 3.54. The van der Waals surface area contributed by atoms with Gasteiger partial charge in [0.25, 0.3) is 11.8 Å². The van der Waals surface area contributed by atoms with Gasteiger partial charge in [0, 0.05) is 8.04 Å². The number of hydrogen-bond acceptors (Lipinski definition) is 4. The Morgan fingerprint density at radius 2 is 2.00 bits per heavy atom. The molecule has 98 valence electrons. The summed E-state index contributed by atoms with van der Waals surface area (Å²) < 4.78 is 1.55. The highest BCUT2D eigenvalue weighted by molar-refractivity contribution is 14.1. The van der Waals surface area contributed by atoms with E-state index in [2.05, 4.69) is 42.2 Å². The lowest BCUT2D eigenvalue weighted by atomic mass is 10.2. The molecule has 0 atom stereocenters. The van der Waals surface area contributed by atoms with E-state index in [1.165, 1.54) is 6.20 Å². The molecule has 2 rings (SSSR count). The highest BCUT2D eigenvalue weighted by Crippen LogP contribution is 2.18. The molecule has 0 fully saturated rings. The van der Waals surface area contributed by atoms with Crippen molar-refractivity contribution in [3.05, 3.63) is 43.7 Å². The smallest absolute Gasteiger partial charge is 0.267 e. The lowest BCUT2D eigenvalue weighted by Crippen LogP contribution is -2.42. The van der Waals surface area contributed by atoms with E-state index >= 15 is 0 Å². The van der Waals surface area contributed by atoms with Crippen LogP contribution in [0.15, 0.2) is 28.9 Å². The van der Waals surface area contributed by atoms with Crippen LogP contribution in [0.2, 0.25) is 0 Å². The second-order valence-electron chi connectivity index (χ2n) is 3.39. The number of benzene rings is 1. The zero-order valence-corrected chi connectivity index (χ0v) is 13.0. The number of rotatable bonds is 2. The van der Waals surface area contributed by atoms with Gasteiger partial charge >= 0.3 is 0 Å². The maximum atomic E-state index is 11.9. The van der Waals surface area contributed by atoms with E-state index in [4.69, 9.17) is 0 Å². The highest BCUT2D eigenvalue weighted by Gasteiger charge is 2.13. The molecule has 0 bridgehead atoms. The molecule has 0 aliphatic carbocycles. The first-order valence-corrected chi connectivity index (χ1v) is 6.86. The maximum absolute atomic E-state index is 11.9. The molecule has 0 radical (unpaired) electrons. The van der Waals surface area contributed by atoms with Crippen molar-refractivity contribution >= 4 is 50.3 Å². The molecule has 1 heterocycles. The Kier molecular flexibility index (Phi) is 4.47. The van der Waals surface area contributed by atoms with Crippen LogP contribution >= 0.6 is 38.5 Å². The molecule has 0 saturated heterocycles. The van der Waals surface area contributed by atoms with Gasteiger partial charge in [0.1, 0.15) is 0 Å². The number of nitrogens with one attached hydrogen (secondary N) is 3. The molecule has 9 heteroatoms. The lowest BCUT2D eigenvalue weighted by Gasteiger charge is -2.07. The number of H-pyrrole nitrogens is 1. The van der Waals surface area contributed by atoms with E-state index < -0.39 is 11.8 Å². The Labute approximate surface area is 129 Å². The summed E-state index contributed by atoms with van der Waals surface area (Å²) >= 11 is 5.32. The van der Waals surface area contributed by atoms with Crippen molar-refractivity contribution in [2.24, 2.45) is 0 Å². The van der Waals surface area contributed by atoms with Crippen LogP contribution < -0.4 is 10.9 Å². The van der Waals surface area contributed by atoms with Gasteiger partial charge in [-0.1, -0.05) is 15.9 Å². The van der Waals surface area contributed by atoms with Gasteiger partial charge in [-0.15, -0.1) is 0 Å². The number of nitrogens with zero attached hydrogens (tertiary/aromatic N) is 2. The summed E-state index contributed by atoms with van der Waals surface area (Å²) in [7, 11) is 0. The molecule has 2 amide bonds. The number of carbonyl (C=O) groups is 2. The van der Waals surface area contributed by atoms with Crippen LogP contribution in [-0.4, -0.2) is 27.2 Å². The molecule has 1 aromatic carbocycles. The van der Waals surface area contributed by atoms with E-state index in [1.54, 1.807) is 12.1 Å². The van der Waals surface area contributed by atoms with Crippen LogP contribution in [0.1, 0.15) is 20.8 Å². The molecule has 7 nitrogen and oxygen atoms in total. The molecule has 19 heavy (non-hydrogen) atoms. The number of aromatic amines is 1. The third kappa shape index (κ3) is 3.50. The minimum Gasteiger partial charge on any atom is -0.267 e. The second kappa shape index (κ2) is 6.10. The van der Waals surface area contributed by atoms with Crippen molar-refractivity contribution in [3.8, 4) is 0 Å². The van der Waals surface area contributed by atoms with Crippen molar-refractivity contribution in [1.29, 1.82) is 0 Å². The highest BCUT2D eigenvalue weighted by atomic mass is 127. The number of halogens is 2. The summed E-state index contributed by atoms with van der Waals surface area (Å²) in [6.07, 6.45) is 1.25. The monoisotopic (exact) mass is 435 g/mol. The lowest BCUT2D eigenvalue weighted by molar-refractivity contribution is 0.0843. The topological polar surface area (TPSA) is 99.8 Å². The van der Waals surface area contributed by atoms with Crippen molar-refractivity contribution in [1.82, 2.24) is 26.3 Å². The van der Waals surface area contributed by atoms with Crippen LogP contribution in [0.5, 0.6) is 0 Å². The van der Waals surface area contributed by atoms with E-state index in [1.807, 2.05) is 28.7 Å². The van der Waals surface area contributed by atoms with Gasteiger partial charge in [-0.3, -0.25) is 20.4 Å².